The highest BCUT2D eigenvalue weighted by Crippen LogP contribution is 2.35. The molecule has 3 heteroatoms. The van der Waals surface area contributed by atoms with Gasteiger partial charge in [-0.2, -0.15) is 0 Å². The summed E-state index contributed by atoms with van der Waals surface area (Å²) in [7, 11) is 0. The highest BCUT2D eigenvalue weighted by Gasteiger charge is 2.21. The molecule has 80 valence electrons. The minimum absolute atomic E-state index is 0.400. The molecule has 16 heavy (non-hydrogen) atoms. The second kappa shape index (κ2) is 3.45. The van der Waals surface area contributed by atoms with Crippen LogP contribution in [0.25, 0.3) is 5.57 Å². The average molecular weight is 213 g/mol. The van der Waals surface area contributed by atoms with Crippen molar-refractivity contribution in [1.29, 1.82) is 0 Å². The van der Waals surface area contributed by atoms with Crippen LogP contribution >= 0.6 is 0 Å². The molecule has 0 aromatic carbocycles. The number of hydrogen-bond donors (Lipinski definition) is 1. The molecule has 2 aliphatic rings. The Balaban J connectivity index is 2.17. The molecule has 2 N–H and O–H groups in total. The van der Waals surface area contributed by atoms with Crippen LogP contribution in [0.3, 0.4) is 0 Å². The van der Waals surface area contributed by atoms with E-state index in [1.54, 1.807) is 6.26 Å². The number of furan rings is 1. The maximum atomic E-state index is 5.74. The van der Waals surface area contributed by atoms with Gasteiger partial charge in [0.15, 0.2) is 5.88 Å². The van der Waals surface area contributed by atoms with Gasteiger partial charge >= 0.3 is 0 Å². The van der Waals surface area contributed by atoms with E-state index in [1.165, 1.54) is 0 Å². The number of fused-ring (bicyclic) bond motifs is 1. The van der Waals surface area contributed by atoms with Crippen molar-refractivity contribution >= 4 is 5.57 Å². The van der Waals surface area contributed by atoms with Crippen molar-refractivity contribution in [2.24, 2.45) is 5.73 Å². The fraction of sp³-hybridized carbons (Fsp3) is 0.0769. The van der Waals surface area contributed by atoms with E-state index >= 15 is 0 Å². The fourth-order valence-electron chi connectivity index (χ4n) is 1.92. The lowest BCUT2D eigenvalue weighted by Crippen LogP contribution is -2.11. The van der Waals surface area contributed by atoms with Crippen LogP contribution < -0.4 is 5.73 Å². The van der Waals surface area contributed by atoms with Gasteiger partial charge in [0.2, 0.25) is 0 Å². The predicted octanol–water partition coefficient (Wildman–Crippen LogP) is 2.71. The molecule has 1 aliphatic carbocycles. The Kier molecular flexibility index (Phi) is 1.96. The van der Waals surface area contributed by atoms with Gasteiger partial charge < -0.3 is 14.9 Å². The molecule has 0 atom stereocenters. The lowest BCUT2D eigenvalue weighted by atomic mass is 9.96. The Morgan fingerprint density at radius 1 is 1.31 bits per heavy atom. The second-order valence-corrected chi connectivity index (χ2v) is 3.68. The lowest BCUT2D eigenvalue weighted by Gasteiger charge is -2.21. The number of hydrogen-bond acceptors (Lipinski definition) is 3. The first-order valence-corrected chi connectivity index (χ1v) is 5.14. The number of rotatable bonds is 1. The number of nitrogens with two attached hydrogens (primary N) is 1. The van der Waals surface area contributed by atoms with Crippen molar-refractivity contribution < 1.29 is 9.15 Å². The van der Waals surface area contributed by atoms with Crippen molar-refractivity contribution in [3.8, 4) is 0 Å². The number of ether oxygens (including phenoxy) is 1. The Labute approximate surface area is 93.2 Å². The lowest BCUT2D eigenvalue weighted by molar-refractivity contribution is 0.304. The van der Waals surface area contributed by atoms with Gasteiger partial charge in [-0.05, 0) is 24.6 Å². The zero-order valence-electron chi connectivity index (χ0n) is 8.64. The average Bonchev–Trinajstić information content (AvgIpc) is 2.81. The SMILES string of the molecule is NC1=CC(c2ccco2)=C2CC=CC=C2O1. The van der Waals surface area contributed by atoms with E-state index in [2.05, 4.69) is 6.08 Å². The standard InChI is InChI=1S/C13H11NO2/c14-13-8-10(11-6-3-7-15-11)9-4-1-2-5-12(9)16-13/h1-3,5-8H,4,14H2. The summed E-state index contributed by atoms with van der Waals surface area (Å²) in [5, 5.41) is 0. The van der Waals surface area contributed by atoms with Crippen molar-refractivity contribution in [3.63, 3.8) is 0 Å². The summed E-state index contributed by atoms with van der Waals surface area (Å²) in [6.45, 7) is 0. The minimum Gasteiger partial charge on any atom is -0.464 e. The molecule has 0 amide bonds. The summed E-state index contributed by atoms with van der Waals surface area (Å²) in [6, 6.07) is 3.79. The molecule has 0 unspecified atom stereocenters. The predicted molar refractivity (Wildman–Crippen MR) is 60.8 cm³/mol. The van der Waals surface area contributed by atoms with E-state index in [0.29, 0.717) is 5.88 Å². The summed E-state index contributed by atoms with van der Waals surface area (Å²) in [6.07, 6.45) is 10.3. The second-order valence-electron chi connectivity index (χ2n) is 3.68. The van der Waals surface area contributed by atoms with E-state index in [9.17, 15) is 0 Å². The van der Waals surface area contributed by atoms with Gasteiger partial charge in [-0.1, -0.05) is 12.2 Å². The highest BCUT2D eigenvalue weighted by atomic mass is 16.5. The van der Waals surface area contributed by atoms with Crippen LogP contribution in [-0.4, -0.2) is 0 Å². The maximum absolute atomic E-state index is 5.74. The maximum Gasteiger partial charge on any atom is 0.191 e. The molecule has 0 bridgehead atoms. The molecular formula is C13H11NO2. The topological polar surface area (TPSA) is 48.4 Å². The van der Waals surface area contributed by atoms with Crippen LogP contribution in [0.2, 0.25) is 0 Å². The molecule has 1 aliphatic heterocycles. The van der Waals surface area contributed by atoms with Gasteiger partial charge in [0, 0.05) is 17.2 Å². The van der Waals surface area contributed by atoms with Crippen molar-refractivity contribution in [1.82, 2.24) is 0 Å². The van der Waals surface area contributed by atoms with Crippen LogP contribution in [0.5, 0.6) is 0 Å². The van der Waals surface area contributed by atoms with Crippen LogP contribution in [-0.2, 0) is 4.74 Å². The van der Waals surface area contributed by atoms with E-state index < -0.39 is 0 Å². The van der Waals surface area contributed by atoms with Crippen molar-refractivity contribution in [2.75, 3.05) is 0 Å². The van der Waals surface area contributed by atoms with Gasteiger partial charge in [-0.3, -0.25) is 0 Å². The normalized spacial score (nSPS) is 18.8. The third kappa shape index (κ3) is 1.37. The zero-order valence-corrected chi connectivity index (χ0v) is 8.64. The number of allylic oxidation sites excluding steroid dienone is 6. The van der Waals surface area contributed by atoms with E-state index in [0.717, 1.165) is 29.1 Å². The van der Waals surface area contributed by atoms with E-state index in [4.69, 9.17) is 14.9 Å². The Bertz CT molecular complexity index is 530. The summed E-state index contributed by atoms with van der Waals surface area (Å²) in [4.78, 5) is 0. The molecule has 0 saturated carbocycles. The largest absolute Gasteiger partial charge is 0.464 e. The Morgan fingerprint density at radius 3 is 3.06 bits per heavy atom. The van der Waals surface area contributed by atoms with Gasteiger partial charge in [-0.15, -0.1) is 0 Å². The monoisotopic (exact) mass is 213 g/mol. The van der Waals surface area contributed by atoms with E-state index in [-0.39, 0.29) is 0 Å². The van der Waals surface area contributed by atoms with Crippen LogP contribution in [0.15, 0.2) is 64.3 Å². The molecule has 3 nitrogen and oxygen atoms in total. The van der Waals surface area contributed by atoms with Crippen molar-refractivity contribution in [3.05, 3.63) is 65.7 Å². The quantitative estimate of drug-likeness (QED) is 0.780. The Morgan fingerprint density at radius 2 is 2.25 bits per heavy atom. The fourth-order valence-corrected chi connectivity index (χ4v) is 1.92. The highest BCUT2D eigenvalue weighted by molar-refractivity contribution is 5.79. The first kappa shape index (κ1) is 9.09. The zero-order chi connectivity index (χ0) is 11.0. The molecule has 2 heterocycles. The smallest absolute Gasteiger partial charge is 0.191 e. The van der Waals surface area contributed by atoms with Gasteiger partial charge in [0.25, 0.3) is 0 Å². The summed E-state index contributed by atoms with van der Waals surface area (Å²) in [5.74, 6) is 2.04. The molecule has 0 spiro atoms. The summed E-state index contributed by atoms with van der Waals surface area (Å²) < 4.78 is 10.9. The van der Waals surface area contributed by atoms with Crippen LogP contribution in [0, 0.1) is 0 Å². The summed E-state index contributed by atoms with van der Waals surface area (Å²) in [5.41, 5.74) is 7.86. The minimum atomic E-state index is 0.400. The van der Waals surface area contributed by atoms with Crippen LogP contribution in [0.4, 0.5) is 0 Å². The molecule has 3 rings (SSSR count). The molecule has 1 aromatic rings. The third-order valence-electron chi connectivity index (χ3n) is 2.63. The molecule has 0 fully saturated rings. The molecule has 0 saturated heterocycles. The van der Waals surface area contributed by atoms with Gasteiger partial charge in [-0.25, -0.2) is 0 Å². The van der Waals surface area contributed by atoms with Crippen molar-refractivity contribution in [2.45, 2.75) is 6.42 Å². The third-order valence-corrected chi connectivity index (χ3v) is 2.63. The first-order chi connectivity index (χ1) is 7.84. The molecule has 1 aromatic heterocycles. The molecular weight excluding hydrogens is 202 g/mol. The Hall–Kier alpha value is -2.16. The summed E-state index contributed by atoms with van der Waals surface area (Å²) >= 11 is 0. The van der Waals surface area contributed by atoms with Gasteiger partial charge in [0.05, 0.1) is 6.26 Å². The molecule has 0 radical (unpaired) electrons. The van der Waals surface area contributed by atoms with E-state index in [1.807, 2.05) is 30.4 Å². The first-order valence-electron chi connectivity index (χ1n) is 5.14. The van der Waals surface area contributed by atoms with Crippen LogP contribution in [0.1, 0.15) is 12.2 Å². The van der Waals surface area contributed by atoms with Gasteiger partial charge in [0.1, 0.15) is 11.5 Å².